The van der Waals surface area contributed by atoms with Crippen LogP contribution in [0.2, 0.25) is 0 Å². The van der Waals surface area contributed by atoms with Gasteiger partial charge in [-0.25, -0.2) is 0 Å². The fourth-order valence-electron chi connectivity index (χ4n) is 5.06. The van der Waals surface area contributed by atoms with Crippen LogP contribution in [0.25, 0.3) is 0 Å². The maximum atomic E-state index is 13.6. The Kier molecular flexibility index (Phi) is 12.9. The van der Waals surface area contributed by atoms with E-state index in [0.717, 1.165) is 0 Å². The van der Waals surface area contributed by atoms with Gasteiger partial charge in [0.1, 0.15) is 47.8 Å². The number of hydrogen-bond donors (Lipinski definition) is 8. The molecule has 3 rings (SSSR count). The fraction of sp³-hybridized carbons (Fsp3) is 0.471. The highest BCUT2D eigenvalue weighted by Gasteiger charge is 2.35. The van der Waals surface area contributed by atoms with Crippen molar-refractivity contribution < 1.29 is 39.0 Å². The lowest BCUT2D eigenvalue weighted by molar-refractivity contribution is -0.137. The number of carbonyl (C=O) groups excluding carboxylic acids is 6. The molecule has 1 aliphatic rings. The number of carbonyl (C=O) groups is 6. The first-order valence-corrected chi connectivity index (χ1v) is 15.9. The van der Waals surface area contributed by atoms with Gasteiger partial charge >= 0.3 is 0 Å². The Morgan fingerprint density at radius 1 is 0.479 bits per heavy atom. The molecule has 8 N–H and O–H groups in total. The van der Waals surface area contributed by atoms with E-state index in [1.807, 2.05) is 0 Å². The molecule has 1 fully saturated rings. The number of benzene rings is 2. The van der Waals surface area contributed by atoms with Gasteiger partial charge in [-0.3, -0.25) is 28.8 Å². The van der Waals surface area contributed by atoms with Crippen LogP contribution in [-0.2, 0) is 41.6 Å². The third-order valence-electron chi connectivity index (χ3n) is 8.02. The van der Waals surface area contributed by atoms with E-state index in [1.54, 1.807) is 52.0 Å². The van der Waals surface area contributed by atoms with E-state index in [-0.39, 0.29) is 24.3 Å². The molecule has 0 radical (unpaired) electrons. The Morgan fingerprint density at radius 3 is 1.08 bits per heavy atom. The second kappa shape index (κ2) is 16.6. The zero-order chi connectivity index (χ0) is 35.7. The normalized spacial score (nSPS) is 25.2. The highest BCUT2D eigenvalue weighted by atomic mass is 16.3. The van der Waals surface area contributed by atoms with Crippen molar-refractivity contribution in [3.63, 3.8) is 0 Å². The Morgan fingerprint density at radius 2 is 0.792 bits per heavy atom. The first kappa shape index (κ1) is 37.3. The molecule has 6 atom stereocenters. The first-order valence-electron chi connectivity index (χ1n) is 15.9. The van der Waals surface area contributed by atoms with Crippen LogP contribution in [0.1, 0.15) is 52.7 Å². The number of aromatic hydroxyl groups is 2. The van der Waals surface area contributed by atoms with Gasteiger partial charge in [-0.1, -0.05) is 52.0 Å². The second-order valence-corrected chi connectivity index (χ2v) is 12.8. The predicted octanol–water partition coefficient (Wildman–Crippen LogP) is 0.157. The molecule has 14 nitrogen and oxygen atoms in total. The molecule has 0 bridgehead atoms. The van der Waals surface area contributed by atoms with Gasteiger partial charge in [0, 0.05) is 12.8 Å². The standard InChI is InChI=1S/C34H46N6O8/c1-17(2)27-33(47)35-19(5)29(43)38-26(16-22-9-13-24(42)14-10-22)32(46)40-28(18(3)4)34(48)36-20(6)30(44)37-25(31(45)39-27)15-21-7-11-23(41)12-8-21/h7-14,17-20,25-28,41-42H,15-16H2,1-6H3,(H,35,47)(H,36,48)(H,37,44)(H,38,43)(H,39,45)(H,40,46)/t19-,20+,25-,26-,27-,28-/m0/s1. The maximum absolute atomic E-state index is 13.6. The minimum absolute atomic E-state index is 0.00312. The van der Waals surface area contributed by atoms with Crippen molar-refractivity contribution in [3.05, 3.63) is 59.7 Å². The Balaban J connectivity index is 1.99. The van der Waals surface area contributed by atoms with Crippen LogP contribution in [0.15, 0.2) is 48.5 Å². The lowest BCUT2D eigenvalue weighted by atomic mass is 9.99. The van der Waals surface area contributed by atoms with Crippen molar-refractivity contribution in [1.29, 1.82) is 0 Å². The minimum atomic E-state index is -1.18. The van der Waals surface area contributed by atoms with Crippen molar-refractivity contribution in [2.45, 2.75) is 90.6 Å². The summed E-state index contributed by atoms with van der Waals surface area (Å²) in [7, 11) is 0. The number of hydrogen-bond acceptors (Lipinski definition) is 8. The molecule has 1 aliphatic heterocycles. The zero-order valence-corrected chi connectivity index (χ0v) is 28.0. The van der Waals surface area contributed by atoms with Gasteiger partial charge in [0.05, 0.1) is 0 Å². The average Bonchev–Trinajstić information content (AvgIpc) is 3.02. The topological polar surface area (TPSA) is 215 Å². The van der Waals surface area contributed by atoms with E-state index in [0.29, 0.717) is 11.1 Å². The second-order valence-electron chi connectivity index (χ2n) is 12.8. The molecule has 14 heteroatoms. The van der Waals surface area contributed by atoms with Crippen LogP contribution in [-0.4, -0.2) is 81.9 Å². The first-order chi connectivity index (χ1) is 22.5. The summed E-state index contributed by atoms with van der Waals surface area (Å²) >= 11 is 0. The predicted molar refractivity (Wildman–Crippen MR) is 176 cm³/mol. The summed E-state index contributed by atoms with van der Waals surface area (Å²) in [6.07, 6.45) is -0.00623. The van der Waals surface area contributed by atoms with Gasteiger partial charge in [-0.15, -0.1) is 0 Å². The molecule has 0 saturated carbocycles. The Bertz CT molecular complexity index is 1370. The smallest absolute Gasteiger partial charge is 0.243 e. The summed E-state index contributed by atoms with van der Waals surface area (Å²) in [6, 6.07) is 5.24. The molecular formula is C34H46N6O8. The largest absolute Gasteiger partial charge is 0.508 e. The molecule has 2 aromatic carbocycles. The molecule has 2 aromatic rings. The lowest BCUT2D eigenvalue weighted by Crippen LogP contribution is -2.62. The van der Waals surface area contributed by atoms with E-state index in [2.05, 4.69) is 31.9 Å². The lowest BCUT2D eigenvalue weighted by Gasteiger charge is -2.29. The van der Waals surface area contributed by atoms with Gasteiger partial charge in [-0.2, -0.15) is 0 Å². The maximum Gasteiger partial charge on any atom is 0.243 e. The van der Waals surface area contributed by atoms with Gasteiger partial charge in [0.25, 0.3) is 0 Å². The Labute approximate surface area is 279 Å². The Hall–Kier alpha value is -5.14. The number of rotatable bonds is 6. The van der Waals surface area contributed by atoms with E-state index in [1.165, 1.54) is 38.1 Å². The third kappa shape index (κ3) is 10.4. The monoisotopic (exact) mass is 666 g/mol. The third-order valence-corrected chi connectivity index (χ3v) is 8.02. The highest BCUT2D eigenvalue weighted by Crippen LogP contribution is 2.14. The van der Waals surface area contributed by atoms with Crippen LogP contribution in [0.5, 0.6) is 11.5 Å². The molecule has 6 amide bonds. The van der Waals surface area contributed by atoms with Gasteiger partial charge in [0.15, 0.2) is 0 Å². The summed E-state index contributed by atoms with van der Waals surface area (Å²) in [5, 5.41) is 35.3. The number of amides is 6. The van der Waals surface area contributed by atoms with Crippen molar-refractivity contribution >= 4 is 35.4 Å². The van der Waals surface area contributed by atoms with E-state index < -0.39 is 83.5 Å². The summed E-state index contributed by atoms with van der Waals surface area (Å²) in [5.41, 5.74) is 1.21. The SMILES string of the molecule is CC(C)[C@@H]1NC(=O)[C@H](Cc2ccc(O)cc2)NC(=O)[C@@H](C)NC(=O)[C@H](C(C)C)NC(=O)[C@H](Cc2ccc(O)cc2)NC(=O)[C@H](C)NC1=O. The van der Waals surface area contributed by atoms with Crippen molar-refractivity contribution in [3.8, 4) is 11.5 Å². The van der Waals surface area contributed by atoms with E-state index in [4.69, 9.17) is 0 Å². The molecule has 48 heavy (non-hydrogen) atoms. The molecule has 1 heterocycles. The van der Waals surface area contributed by atoms with Gasteiger partial charge in [0.2, 0.25) is 35.4 Å². The molecule has 0 spiro atoms. The highest BCUT2D eigenvalue weighted by molar-refractivity contribution is 5.98. The summed E-state index contributed by atoms with van der Waals surface area (Å²) in [5.74, 6) is -4.87. The summed E-state index contributed by atoms with van der Waals surface area (Å²) in [6.45, 7) is 9.68. The van der Waals surface area contributed by atoms with Crippen LogP contribution < -0.4 is 31.9 Å². The zero-order valence-electron chi connectivity index (χ0n) is 28.0. The summed E-state index contributed by atoms with van der Waals surface area (Å²) in [4.78, 5) is 80.8. The molecule has 0 aliphatic carbocycles. The van der Waals surface area contributed by atoms with Crippen molar-refractivity contribution in [2.75, 3.05) is 0 Å². The van der Waals surface area contributed by atoms with Crippen molar-refractivity contribution in [2.24, 2.45) is 11.8 Å². The number of phenols is 2. The van der Waals surface area contributed by atoms with Gasteiger partial charge < -0.3 is 42.1 Å². The van der Waals surface area contributed by atoms with E-state index in [9.17, 15) is 39.0 Å². The van der Waals surface area contributed by atoms with Crippen LogP contribution in [0, 0.1) is 11.8 Å². The van der Waals surface area contributed by atoms with E-state index >= 15 is 0 Å². The van der Waals surface area contributed by atoms with Crippen LogP contribution in [0.3, 0.4) is 0 Å². The number of nitrogens with one attached hydrogen (secondary N) is 6. The van der Waals surface area contributed by atoms with Gasteiger partial charge in [-0.05, 0) is 61.1 Å². The molecule has 1 saturated heterocycles. The quantitative estimate of drug-likeness (QED) is 0.212. The number of phenolic OH excluding ortho intramolecular Hbond substituents is 2. The molecule has 0 unspecified atom stereocenters. The average molecular weight is 667 g/mol. The summed E-state index contributed by atoms with van der Waals surface area (Å²) < 4.78 is 0. The fourth-order valence-corrected chi connectivity index (χ4v) is 5.06. The molecule has 0 aromatic heterocycles. The molecule has 260 valence electrons. The van der Waals surface area contributed by atoms with Crippen LogP contribution in [0.4, 0.5) is 0 Å². The molecular weight excluding hydrogens is 620 g/mol. The van der Waals surface area contributed by atoms with Crippen molar-refractivity contribution in [1.82, 2.24) is 31.9 Å². The van der Waals surface area contributed by atoms with Crippen LogP contribution >= 0.6 is 0 Å². The minimum Gasteiger partial charge on any atom is -0.508 e.